The van der Waals surface area contributed by atoms with E-state index in [0.717, 1.165) is 42.5 Å². The quantitative estimate of drug-likeness (QED) is 0.365. The highest BCUT2D eigenvalue weighted by molar-refractivity contribution is 5.91. The van der Waals surface area contributed by atoms with Crippen molar-refractivity contribution in [1.82, 2.24) is 19.4 Å². The van der Waals surface area contributed by atoms with Gasteiger partial charge in [0, 0.05) is 55.0 Å². The minimum Gasteiger partial charge on any atom is -0.507 e. The van der Waals surface area contributed by atoms with Crippen molar-refractivity contribution < 1.29 is 19.7 Å². The number of phenols is 1. The van der Waals surface area contributed by atoms with Crippen LogP contribution < -0.4 is 16.0 Å². The van der Waals surface area contributed by atoms with E-state index in [0.29, 0.717) is 23.6 Å². The molecule has 0 spiro atoms. The van der Waals surface area contributed by atoms with Crippen LogP contribution >= 0.6 is 0 Å². The van der Waals surface area contributed by atoms with Gasteiger partial charge >= 0.3 is 11.7 Å². The van der Waals surface area contributed by atoms with Crippen LogP contribution in [0.4, 0.5) is 0 Å². The predicted molar refractivity (Wildman–Crippen MR) is 136 cm³/mol. The fourth-order valence-electron chi connectivity index (χ4n) is 4.69. The zero-order valence-electron chi connectivity index (χ0n) is 20.2. The van der Waals surface area contributed by atoms with Crippen molar-refractivity contribution >= 4 is 16.9 Å². The van der Waals surface area contributed by atoms with Crippen molar-refractivity contribution in [3.63, 3.8) is 0 Å². The Kier molecular flexibility index (Phi) is 6.49. The highest BCUT2D eigenvalue weighted by atomic mass is 16.5. The lowest BCUT2D eigenvalue weighted by atomic mass is 10.0. The van der Waals surface area contributed by atoms with Crippen LogP contribution in [0.1, 0.15) is 40.5 Å². The minimum atomic E-state index is -1.22. The number of pyridine rings is 1. The molecule has 0 radical (unpaired) electrons. The summed E-state index contributed by atoms with van der Waals surface area (Å²) in [6.45, 7) is 3.78. The number of carbonyl (C=O) groups is 1. The number of fused-ring (bicyclic) bond motifs is 1. The van der Waals surface area contributed by atoms with E-state index in [9.17, 15) is 19.5 Å². The van der Waals surface area contributed by atoms with Gasteiger partial charge in [0.25, 0.3) is 5.56 Å². The molecule has 3 heterocycles. The van der Waals surface area contributed by atoms with Crippen LogP contribution in [-0.4, -0.2) is 48.7 Å². The molecule has 10 heteroatoms. The number of aromatic hydroxyl groups is 1. The molecule has 37 heavy (non-hydrogen) atoms. The number of para-hydroxylation sites is 1. The van der Waals surface area contributed by atoms with Crippen LogP contribution in [-0.2, 0) is 6.54 Å². The van der Waals surface area contributed by atoms with Crippen molar-refractivity contribution in [3.8, 4) is 17.2 Å². The van der Waals surface area contributed by atoms with Gasteiger partial charge in [-0.1, -0.05) is 12.1 Å². The van der Waals surface area contributed by atoms with E-state index in [1.54, 1.807) is 17.7 Å². The highest BCUT2D eigenvalue weighted by Crippen LogP contribution is 2.33. The van der Waals surface area contributed by atoms with Crippen molar-refractivity contribution in [2.45, 2.75) is 32.4 Å². The molecule has 2 aromatic heterocycles. The molecule has 0 bridgehead atoms. The summed E-state index contributed by atoms with van der Waals surface area (Å²) in [6, 6.07) is 13.5. The van der Waals surface area contributed by atoms with Gasteiger partial charge in [0.1, 0.15) is 22.8 Å². The number of rotatable bonds is 6. The molecular weight excluding hydrogens is 476 g/mol. The molecule has 0 unspecified atom stereocenters. The zero-order valence-corrected chi connectivity index (χ0v) is 20.2. The van der Waals surface area contributed by atoms with Gasteiger partial charge < -0.3 is 14.9 Å². The predicted octanol–water partition coefficient (Wildman–Crippen LogP) is 3.43. The average Bonchev–Trinajstić information content (AvgIpc) is 2.87. The van der Waals surface area contributed by atoms with Crippen LogP contribution in [0.15, 0.2) is 64.3 Å². The van der Waals surface area contributed by atoms with Gasteiger partial charge in [0.05, 0.1) is 11.2 Å². The Hall–Kier alpha value is -4.44. The number of benzene rings is 2. The molecule has 1 fully saturated rings. The topological polar surface area (TPSA) is 138 Å². The highest BCUT2D eigenvalue weighted by Gasteiger charge is 2.23. The number of H-pyrrole nitrogens is 1. The molecule has 1 aliphatic heterocycles. The number of hydrogen-bond acceptors (Lipinski definition) is 7. The molecule has 1 aliphatic rings. The van der Waals surface area contributed by atoms with E-state index in [1.807, 2.05) is 30.3 Å². The Bertz CT molecular complexity index is 1600. The number of nitrogens with one attached hydrogen (secondary N) is 1. The number of aryl methyl sites for hydroxylation is 1. The first-order chi connectivity index (χ1) is 17.8. The Morgan fingerprint density at radius 1 is 1.14 bits per heavy atom. The number of piperidine rings is 1. The smallest absolute Gasteiger partial charge is 0.339 e. The second kappa shape index (κ2) is 9.90. The SMILES string of the molecule is Cc1cn(C2CCN(Cc3cc(Oc4ccc(C(=O)O)c(O)c4)c4ccccc4n3)CC2)c(=O)[nH]c1=O. The van der Waals surface area contributed by atoms with Crippen LogP contribution in [0.2, 0.25) is 0 Å². The van der Waals surface area contributed by atoms with Gasteiger partial charge in [-0.3, -0.25) is 24.2 Å². The summed E-state index contributed by atoms with van der Waals surface area (Å²) in [6.07, 6.45) is 3.16. The second-order valence-electron chi connectivity index (χ2n) is 9.20. The summed E-state index contributed by atoms with van der Waals surface area (Å²) < 4.78 is 7.69. The van der Waals surface area contributed by atoms with Crippen molar-refractivity contribution in [1.29, 1.82) is 0 Å². The number of carboxylic acids is 1. The number of hydrogen-bond donors (Lipinski definition) is 3. The van der Waals surface area contributed by atoms with E-state index >= 15 is 0 Å². The third-order valence-electron chi connectivity index (χ3n) is 6.64. The number of nitrogens with zero attached hydrogens (tertiary/aromatic N) is 3. The summed E-state index contributed by atoms with van der Waals surface area (Å²) in [5.41, 5.74) is 1.14. The summed E-state index contributed by atoms with van der Waals surface area (Å²) in [5.74, 6) is -0.728. The maximum Gasteiger partial charge on any atom is 0.339 e. The summed E-state index contributed by atoms with van der Waals surface area (Å²) in [7, 11) is 0. The molecule has 2 aromatic carbocycles. The molecule has 0 aliphatic carbocycles. The van der Waals surface area contributed by atoms with Crippen LogP contribution in [0.3, 0.4) is 0 Å². The Morgan fingerprint density at radius 3 is 2.62 bits per heavy atom. The van der Waals surface area contributed by atoms with Crippen LogP contribution in [0.5, 0.6) is 17.2 Å². The van der Waals surface area contributed by atoms with E-state index in [4.69, 9.17) is 14.8 Å². The van der Waals surface area contributed by atoms with Gasteiger partial charge in [-0.15, -0.1) is 0 Å². The molecule has 3 N–H and O–H groups in total. The second-order valence-corrected chi connectivity index (χ2v) is 9.20. The molecule has 0 atom stereocenters. The number of aromatic amines is 1. The van der Waals surface area contributed by atoms with E-state index in [1.165, 1.54) is 18.2 Å². The molecular formula is C27H26N4O6. The first-order valence-electron chi connectivity index (χ1n) is 12.0. The first-order valence-corrected chi connectivity index (χ1v) is 12.0. The van der Waals surface area contributed by atoms with Gasteiger partial charge in [0.2, 0.25) is 0 Å². The molecule has 4 aromatic rings. The number of likely N-dealkylation sites (tertiary alicyclic amines) is 1. The number of ether oxygens (including phenoxy) is 1. The lowest BCUT2D eigenvalue weighted by Gasteiger charge is -2.32. The van der Waals surface area contributed by atoms with Crippen LogP contribution in [0, 0.1) is 6.92 Å². The summed E-state index contributed by atoms with van der Waals surface area (Å²) in [5, 5.41) is 20.0. The Labute approximate surface area is 211 Å². The van der Waals surface area contributed by atoms with E-state index < -0.39 is 5.97 Å². The monoisotopic (exact) mass is 502 g/mol. The average molecular weight is 503 g/mol. The van der Waals surface area contributed by atoms with Gasteiger partial charge in [-0.25, -0.2) is 9.59 Å². The molecule has 1 saturated heterocycles. The molecule has 0 saturated carbocycles. The minimum absolute atomic E-state index is 0.0178. The van der Waals surface area contributed by atoms with Gasteiger partial charge in [-0.05, 0) is 44.0 Å². The molecule has 190 valence electrons. The fraction of sp³-hybridized carbons (Fsp3) is 0.259. The maximum atomic E-state index is 12.3. The van der Waals surface area contributed by atoms with Crippen LogP contribution in [0.25, 0.3) is 10.9 Å². The number of carboxylic acid groups (broad SMARTS) is 1. The standard InChI is InChI=1S/C27H26N4O6/c1-16-14-31(27(36)29-25(16)33)18-8-10-30(11-9-18)15-17-12-24(20-4-2-3-5-22(20)28-17)37-19-6-7-21(26(34)35)23(32)13-19/h2-7,12-14,18,32H,8-11,15H2,1H3,(H,34,35)(H,29,33,36). The number of aromatic nitrogens is 3. The third-order valence-corrected chi connectivity index (χ3v) is 6.64. The molecule has 10 nitrogen and oxygen atoms in total. The maximum absolute atomic E-state index is 12.3. The Morgan fingerprint density at radius 2 is 1.89 bits per heavy atom. The van der Waals surface area contributed by atoms with E-state index in [2.05, 4.69) is 9.88 Å². The molecule has 0 amide bonds. The normalized spacial score (nSPS) is 14.6. The van der Waals surface area contributed by atoms with Gasteiger partial charge in [-0.2, -0.15) is 0 Å². The van der Waals surface area contributed by atoms with Crippen molar-refractivity contribution in [2.24, 2.45) is 0 Å². The zero-order chi connectivity index (χ0) is 26.1. The van der Waals surface area contributed by atoms with Gasteiger partial charge in [0.15, 0.2) is 0 Å². The summed E-state index contributed by atoms with van der Waals surface area (Å²) in [4.78, 5) is 44.6. The lowest BCUT2D eigenvalue weighted by molar-refractivity contribution is 0.0693. The van der Waals surface area contributed by atoms with Crippen molar-refractivity contribution in [2.75, 3.05) is 13.1 Å². The first kappa shape index (κ1) is 24.3. The van der Waals surface area contributed by atoms with Crippen molar-refractivity contribution in [3.05, 3.63) is 92.4 Å². The lowest BCUT2D eigenvalue weighted by Crippen LogP contribution is -2.39. The summed E-state index contributed by atoms with van der Waals surface area (Å²) >= 11 is 0. The largest absolute Gasteiger partial charge is 0.507 e. The number of aromatic carboxylic acids is 1. The molecule has 5 rings (SSSR count). The fourth-order valence-corrected chi connectivity index (χ4v) is 4.69. The third kappa shape index (κ3) is 5.10. The Balaban J connectivity index is 1.35. The van der Waals surface area contributed by atoms with E-state index in [-0.39, 0.29) is 28.6 Å².